The molecule has 1 aromatic heterocycles. The molecule has 1 amide bonds. The molecule has 3 fully saturated rings. The Bertz CT molecular complexity index is 582. The molecule has 0 radical (unpaired) electrons. The molecule has 0 saturated carbocycles. The summed E-state index contributed by atoms with van der Waals surface area (Å²) in [5.74, 6) is 0.325. The van der Waals surface area contributed by atoms with E-state index in [4.69, 9.17) is 4.74 Å². The van der Waals surface area contributed by atoms with Crippen LogP contribution in [0, 0.1) is 5.92 Å². The van der Waals surface area contributed by atoms with Crippen molar-refractivity contribution in [1.82, 2.24) is 24.7 Å². The number of amides is 1. The Morgan fingerprint density at radius 1 is 1.46 bits per heavy atom. The van der Waals surface area contributed by atoms with Crippen molar-refractivity contribution in [3.05, 3.63) is 18.2 Å². The molecule has 4 rings (SSSR count). The molecule has 132 valence electrons. The van der Waals surface area contributed by atoms with Crippen molar-refractivity contribution in [2.24, 2.45) is 5.92 Å². The lowest BCUT2D eigenvalue weighted by atomic mass is 9.82. The molecule has 7 nitrogen and oxygen atoms in total. The molecule has 1 N–H and O–H groups in total. The van der Waals surface area contributed by atoms with Gasteiger partial charge in [0.05, 0.1) is 31.1 Å². The highest BCUT2D eigenvalue weighted by Crippen LogP contribution is 2.36. The third-order valence-corrected chi connectivity index (χ3v) is 5.54. The van der Waals surface area contributed by atoms with E-state index >= 15 is 0 Å². The first kappa shape index (κ1) is 16.1. The fraction of sp³-hybridized carbons (Fsp3) is 0.765. The molecule has 7 heteroatoms. The predicted molar refractivity (Wildman–Crippen MR) is 89.3 cm³/mol. The van der Waals surface area contributed by atoms with E-state index in [1.165, 1.54) is 0 Å². The lowest BCUT2D eigenvalue weighted by Gasteiger charge is -2.63. The Balaban J connectivity index is 1.48. The van der Waals surface area contributed by atoms with Crippen LogP contribution in [0.1, 0.15) is 19.5 Å². The summed E-state index contributed by atoms with van der Waals surface area (Å²) in [5.41, 5.74) is 1.24. The fourth-order valence-corrected chi connectivity index (χ4v) is 4.52. The molecule has 24 heavy (non-hydrogen) atoms. The molecule has 3 aliphatic rings. The van der Waals surface area contributed by atoms with Crippen LogP contribution in [-0.2, 0) is 16.1 Å². The molecule has 0 unspecified atom stereocenters. The number of carbonyl (C=O) groups excluding carboxylic acids is 1. The van der Waals surface area contributed by atoms with Crippen LogP contribution in [0.3, 0.4) is 0 Å². The van der Waals surface area contributed by atoms with E-state index in [0.29, 0.717) is 6.04 Å². The molecule has 1 aromatic rings. The third-order valence-electron chi connectivity index (χ3n) is 5.54. The quantitative estimate of drug-likeness (QED) is 0.854. The van der Waals surface area contributed by atoms with Crippen LogP contribution in [0.25, 0.3) is 0 Å². The zero-order valence-corrected chi connectivity index (χ0v) is 14.6. The highest BCUT2D eigenvalue weighted by Gasteiger charge is 2.54. The second-order valence-corrected chi connectivity index (χ2v) is 7.74. The summed E-state index contributed by atoms with van der Waals surface area (Å²) < 4.78 is 5.69. The summed E-state index contributed by atoms with van der Waals surface area (Å²) in [6.45, 7) is 11.1. The van der Waals surface area contributed by atoms with Crippen LogP contribution >= 0.6 is 0 Å². The second-order valence-electron chi connectivity index (χ2n) is 7.74. The second kappa shape index (κ2) is 6.13. The maximum atomic E-state index is 12.6. The number of hydrogen-bond donors (Lipinski definition) is 1. The molecule has 0 aromatic carbocycles. The van der Waals surface area contributed by atoms with Gasteiger partial charge < -0.3 is 14.6 Å². The van der Waals surface area contributed by atoms with Crippen LogP contribution in [0.4, 0.5) is 0 Å². The number of nitrogens with one attached hydrogen (secondary N) is 1. The van der Waals surface area contributed by atoms with Gasteiger partial charge in [0, 0.05) is 57.1 Å². The molecule has 1 atom stereocenters. The number of ether oxygens (including phenoxy) is 1. The average molecular weight is 333 g/mol. The highest BCUT2D eigenvalue weighted by atomic mass is 16.5. The van der Waals surface area contributed by atoms with E-state index in [0.717, 1.165) is 58.2 Å². The Kier molecular flexibility index (Phi) is 4.10. The average Bonchev–Trinajstić information content (AvgIpc) is 3.05. The van der Waals surface area contributed by atoms with Crippen LogP contribution in [0.15, 0.2) is 12.5 Å². The molecule has 3 aliphatic heterocycles. The zero-order valence-electron chi connectivity index (χ0n) is 14.6. The summed E-state index contributed by atoms with van der Waals surface area (Å²) in [7, 11) is 0. The van der Waals surface area contributed by atoms with Gasteiger partial charge in [-0.1, -0.05) is 13.8 Å². The molecule has 3 saturated heterocycles. The first-order chi connectivity index (χ1) is 11.6. The summed E-state index contributed by atoms with van der Waals surface area (Å²) in [6, 6.07) is 0.338. The number of aromatic nitrogens is 2. The van der Waals surface area contributed by atoms with Gasteiger partial charge in [-0.2, -0.15) is 0 Å². The van der Waals surface area contributed by atoms with Crippen molar-refractivity contribution in [2.75, 3.05) is 45.9 Å². The number of H-pyrrole nitrogens is 1. The number of nitrogens with zero attached hydrogens (tertiary/aromatic N) is 4. The van der Waals surface area contributed by atoms with Crippen molar-refractivity contribution >= 4 is 5.91 Å². The Labute approximate surface area is 143 Å². The van der Waals surface area contributed by atoms with Gasteiger partial charge in [0.15, 0.2) is 0 Å². The third kappa shape index (κ3) is 2.74. The van der Waals surface area contributed by atoms with Gasteiger partial charge in [0.1, 0.15) is 0 Å². The van der Waals surface area contributed by atoms with Gasteiger partial charge >= 0.3 is 0 Å². The smallest absolute Gasteiger partial charge is 0.225 e. The van der Waals surface area contributed by atoms with Gasteiger partial charge in [-0.15, -0.1) is 0 Å². The minimum Gasteiger partial charge on any atom is -0.378 e. The molecule has 4 heterocycles. The lowest BCUT2D eigenvalue weighted by Crippen LogP contribution is -2.80. The van der Waals surface area contributed by atoms with E-state index in [9.17, 15) is 4.79 Å². The Morgan fingerprint density at radius 2 is 2.29 bits per heavy atom. The van der Waals surface area contributed by atoms with E-state index in [-0.39, 0.29) is 17.4 Å². The van der Waals surface area contributed by atoms with Crippen LogP contribution in [0.2, 0.25) is 0 Å². The van der Waals surface area contributed by atoms with Crippen LogP contribution in [0.5, 0.6) is 0 Å². The Morgan fingerprint density at radius 3 is 3.00 bits per heavy atom. The zero-order chi connectivity index (χ0) is 16.7. The summed E-state index contributed by atoms with van der Waals surface area (Å²) in [4.78, 5) is 27.0. The summed E-state index contributed by atoms with van der Waals surface area (Å²) in [6.07, 6.45) is 3.62. The number of rotatable bonds is 3. The monoisotopic (exact) mass is 333 g/mol. The Hall–Kier alpha value is -1.44. The van der Waals surface area contributed by atoms with E-state index in [1.54, 1.807) is 6.33 Å². The largest absolute Gasteiger partial charge is 0.378 e. The number of morpholine rings is 1. The number of aromatic amines is 1. The normalized spacial score (nSPS) is 27.3. The van der Waals surface area contributed by atoms with Crippen molar-refractivity contribution in [2.45, 2.75) is 32.0 Å². The minimum atomic E-state index is 0.0549. The fourth-order valence-electron chi connectivity index (χ4n) is 4.52. The lowest BCUT2D eigenvalue weighted by molar-refractivity contribution is -0.177. The molecular formula is C17H27N5O2. The van der Waals surface area contributed by atoms with Crippen LogP contribution < -0.4 is 0 Å². The molecule has 1 spiro atoms. The highest BCUT2D eigenvalue weighted by molar-refractivity contribution is 5.78. The maximum absolute atomic E-state index is 12.6. The number of hydrogen-bond acceptors (Lipinski definition) is 5. The first-order valence-electron chi connectivity index (χ1n) is 8.90. The van der Waals surface area contributed by atoms with Gasteiger partial charge in [0.2, 0.25) is 5.91 Å². The van der Waals surface area contributed by atoms with Gasteiger partial charge in [0.25, 0.3) is 0 Å². The molecular weight excluding hydrogens is 306 g/mol. The number of fused-ring (bicyclic) bond motifs is 2. The molecule has 0 bridgehead atoms. The minimum absolute atomic E-state index is 0.0549. The van der Waals surface area contributed by atoms with Crippen molar-refractivity contribution in [1.29, 1.82) is 0 Å². The SMILES string of the molecule is CC(C)C(=O)N1C[C@@H]2COCCN2C2(CN(Cc3cnc[nH]3)C2)C1. The number of carbonyl (C=O) groups is 1. The maximum Gasteiger partial charge on any atom is 0.225 e. The van der Waals surface area contributed by atoms with Crippen molar-refractivity contribution < 1.29 is 9.53 Å². The van der Waals surface area contributed by atoms with E-state index < -0.39 is 0 Å². The standard InChI is InChI=1S/C17H27N5O2/c1-13(2)16(23)21-7-15-8-24-4-3-22(15)17(11-21)9-20(10-17)6-14-5-18-12-19-14/h5,12-13,15H,3-4,6-11H2,1-2H3,(H,18,19)/t15-/m1/s1. The predicted octanol–water partition coefficient (Wildman–Crippen LogP) is 0.163. The summed E-state index contributed by atoms with van der Waals surface area (Å²) >= 11 is 0. The van der Waals surface area contributed by atoms with E-state index in [1.807, 2.05) is 20.0 Å². The van der Waals surface area contributed by atoms with Gasteiger partial charge in [-0.05, 0) is 0 Å². The topological polar surface area (TPSA) is 64.7 Å². The van der Waals surface area contributed by atoms with Crippen LogP contribution in [-0.4, -0.2) is 88.1 Å². The van der Waals surface area contributed by atoms with Crippen molar-refractivity contribution in [3.63, 3.8) is 0 Å². The first-order valence-corrected chi connectivity index (χ1v) is 8.90. The number of piperazine rings is 1. The summed E-state index contributed by atoms with van der Waals surface area (Å²) in [5, 5.41) is 0. The van der Waals surface area contributed by atoms with Gasteiger partial charge in [-0.3, -0.25) is 14.6 Å². The van der Waals surface area contributed by atoms with E-state index in [2.05, 4.69) is 24.7 Å². The van der Waals surface area contributed by atoms with Gasteiger partial charge in [-0.25, -0.2) is 4.98 Å². The molecule has 0 aliphatic carbocycles. The number of likely N-dealkylation sites (tertiary alicyclic amines) is 1. The number of imidazole rings is 1. The van der Waals surface area contributed by atoms with Crippen molar-refractivity contribution in [3.8, 4) is 0 Å².